The lowest BCUT2D eigenvalue weighted by Crippen LogP contribution is -2.46. The minimum atomic E-state index is -0.373. The van der Waals surface area contributed by atoms with Crippen LogP contribution in [-0.4, -0.2) is 49.5 Å². The lowest BCUT2D eigenvalue weighted by molar-refractivity contribution is -0.126. The molecule has 2 amide bonds. The van der Waals surface area contributed by atoms with Gasteiger partial charge in [0.05, 0.1) is 25.4 Å². The van der Waals surface area contributed by atoms with E-state index in [0.717, 1.165) is 12.8 Å². The van der Waals surface area contributed by atoms with Crippen LogP contribution in [0.1, 0.15) is 19.8 Å². The van der Waals surface area contributed by atoms with Crippen LogP contribution in [0.3, 0.4) is 0 Å². The number of nitrogens with one attached hydrogen (secondary N) is 2. The van der Waals surface area contributed by atoms with E-state index < -0.39 is 0 Å². The second-order valence-corrected chi connectivity index (χ2v) is 6.20. The predicted molar refractivity (Wildman–Crippen MR) is 89.9 cm³/mol. The molecule has 0 bridgehead atoms. The van der Waals surface area contributed by atoms with Gasteiger partial charge in [-0.05, 0) is 45.0 Å². The number of hydrogen-bond donors (Lipinski definition) is 2. The second-order valence-electron chi connectivity index (χ2n) is 5.77. The number of hydrogen-bond acceptors (Lipinski definition) is 4. The molecule has 2 N–H and O–H groups in total. The number of methoxy groups -OCH3 is 1. The van der Waals surface area contributed by atoms with Crippen molar-refractivity contribution in [3.63, 3.8) is 0 Å². The molecule has 1 atom stereocenters. The van der Waals surface area contributed by atoms with Crippen molar-refractivity contribution in [3.8, 4) is 5.75 Å². The highest BCUT2D eigenvalue weighted by molar-refractivity contribution is 6.31. The normalized spacial score (nSPS) is 15.2. The molecule has 1 fully saturated rings. The van der Waals surface area contributed by atoms with Crippen LogP contribution >= 0.6 is 11.6 Å². The van der Waals surface area contributed by atoms with Crippen molar-refractivity contribution in [1.82, 2.24) is 10.2 Å². The Kier molecular flexibility index (Phi) is 5.85. The van der Waals surface area contributed by atoms with Crippen LogP contribution in [0.15, 0.2) is 18.2 Å². The number of carbonyl (C=O) groups excluding carboxylic acids is 2. The number of carbonyl (C=O) groups is 2. The smallest absolute Gasteiger partial charge is 0.238 e. The van der Waals surface area contributed by atoms with Crippen LogP contribution in [0.25, 0.3) is 0 Å². The number of nitrogens with zero attached hydrogens (tertiary/aromatic N) is 1. The minimum absolute atomic E-state index is 0.0527. The van der Waals surface area contributed by atoms with Gasteiger partial charge in [-0.2, -0.15) is 0 Å². The number of likely N-dealkylation sites (N-methyl/N-ethyl adjacent to an activating group) is 1. The second kappa shape index (κ2) is 7.66. The molecule has 7 heteroatoms. The highest BCUT2D eigenvalue weighted by Gasteiger charge is 2.27. The third kappa shape index (κ3) is 5.11. The van der Waals surface area contributed by atoms with Crippen molar-refractivity contribution in [3.05, 3.63) is 23.2 Å². The van der Waals surface area contributed by atoms with Gasteiger partial charge in [0.25, 0.3) is 0 Å². The fourth-order valence-corrected chi connectivity index (χ4v) is 2.25. The van der Waals surface area contributed by atoms with E-state index in [2.05, 4.69) is 10.6 Å². The van der Waals surface area contributed by atoms with Crippen molar-refractivity contribution in [2.75, 3.05) is 26.0 Å². The third-order valence-corrected chi connectivity index (χ3v) is 4.03. The first-order valence-corrected chi connectivity index (χ1v) is 7.92. The molecule has 1 saturated carbocycles. The quantitative estimate of drug-likeness (QED) is 0.795. The van der Waals surface area contributed by atoms with Crippen LogP contribution in [-0.2, 0) is 9.59 Å². The summed E-state index contributed by atoms with van der Waals surface area (Å²) < 4.78 is 5.19. The molecule has 0 radical (unpaired) electrons. The topological polar surface area (TPSA) is 70.7 Å². The molecule has 1 aliphatic rings. The summed E-state index contributed by atoms with van der Waals surface area (Å²) >= 11 is 5.94. The molecule has 2 rings (SSSR count). The molecule has 1 aromatic rings. The third-order valence-electron chi connectivity index (χ3n) is 3.79. The summed E-state index contributed by atoms with van der Waals surface area (Å²) in [5.41, 5.74) is 0.508. The van der Waals surface area contributed by atoms with Crippen LogP contribution in [0.5, 0.6) is 5.75 Å². The van der Waals surface area contributed by atoms with Crippen LogP contribution < -0.4 is 15.4 Å². The Labute approximate surface area is 141 Å². The Morgan fingerprint density at radius 3 is 2.74 bits per heavy atom. The van der Waals surface area contributed by atoms with Crippen molar-refractivity contribution < 1.29 is 14.3 Å². The number of ether oxygens (including phenoxy) is 1. The van der Waals surface area contributed by atoms with Crippen LogP contribution in [0.2, 0.25) is 5.02 Å². The molecule has 1 unspecified atom stereocenters. The van der Waals surface area contributed by atoms with E-state index in [4.69, 9.17) is 16.3 Å². The average molecular weight is 340 g/mol. The van der Waals surface area contributed by atoms with E-state index in [1.54, 1.807) is 37.1 Å². The Bertz CT molecular complexity index is 590. The number of anilines is 1. The zero-order valence-electron chi connectivity index (χ0n) is 13.6. The van der Waals surface area contributed by atoms with Gasteiger partial charge in [-0.1, -0.05) is 11.6 Å². The van der Waals surface area contributed by atoms with Gasteiger partial charge in [0.1, 0.15) is 5.75 Å². The van der Waals surface area contributed by atoms with Gasteiger partial charge in [0.15, 0.2) is 0 Å². The SMILES string of the molecule is COc1ccc(Cl)cc1NC(=O)CN(C)C(C)C(=O)NC1CC1. The molecule has 1 aliphatic carbocycles. The van der Waals surface area contributed by atoms with Gasteiger partial charge < -0.3 is 15.4 Å². The molecule has 0 spiro atoms. The van der Waals surface area contributed by atoms with E-state index in [1.165, 1.54) is 7.11 Å². The molecule has 0 aliphatic heterocycles. The van der Waals surface area contributed by atoms with Gasteiger partial charge in [-0.15, -0.1) is 0 Å². The van der Waals surface area contributed by atoms with Gasteiger partial charge in [-0.3, -0.25) is 14.5 Å². The lowest BCUT2D eigenvalue weighted by Gasteiger charge is -2.23. The number of halogens is 1. The first kappa shape index (κ1) is 17.6. The first-order valence-electron chi connectivity index (χ1n) is 7.54. The van der Waals surface area contributed by atoms with Crippen LogP contribution in [0, 0.1) is 0 Å². The highest BCUT2D eigenvalue weighted by Crippen LogP contribution is 2.27. The Balaban J connectivity index is 1.90. The highest BCUT2D eigenvalue weighted by atomic mass is 35.5. The van der Waals surface area contributed by atoms with E-state index in [9.17, 15) is 9.59 Å². The molecular weight excluding hydrogens is 318 g/mol. The molecular formula is C16H22ClN3O3. The molecule has 23 heavy (non-hydrogen) atoms. The van der Waals surface area contributed by atoms with E-state index >= 15 is 0 Å². The van der Waals surface area contributed by atoms with E-state index in [-0.39, 0.29) is 24.4 Å². The molecule has 126 valence electrons. The molecule has 0 aromatic heterocycles. The fraction of sp³-hybridized carbons (Fsp3) is 0.500. The van der Waals surface area contributed by atoms with Crippen molar-refractivity contribution >= 4 is 29.1 Å². The Morgan fingerprint density at radius 2 is 2.13 bits per heavy atom. The zero-order valence-corrected chi connectivity index (χ0v) is 14.3. The van der Waals surface area contributed by atoms with Crippen molar-refractivity contribution in [2.45, 2.75) is 31.8 Å². The van der Waals surface area contributed by atoms with Gasteiger partial charge in [0.2, 0.25) is 11.8 Å². The standard InChI is InChI=1S/C16H22ClN3O3/c1-10(16(22)18-12-5-6-12)20(2)9-15(21)19-13-8-11(17)4-7-14(13)23-3/h4,7-8,10,12H,5-6,9H2,1-3H3,(H,18,22)(H,19,21). The maximum Gasteiger partial charge on any atom is 0.238 e. The summed E-state index contributed by atoms with van der Waals surface area (Å²) in [5.74, 6) is 0.243. The summed E-state index contributed by atoms with van der Waals surface area (Å²) in [6.07, 6.45) is 2.08. The maximum atomic E-state index is 12.2. The summed E-state index contributed by atoms with van der Waals surface area (Å²) in [6.45, 7) is 1.87. The number of amides is 2. The van der Waals surface area contributed by atoms with Gasteiger partial charge in [-0.25, -0.2) is 0 Å². The summed E-state index contributed by atoms with van der Waals surface area (Å²) in [7, 11) is 3.27. The molecule has 0 heterocycles. The van der Waals surface area contributed by atoms with Gasteiger partial charge in [0, 0.05) is 11.1 Å². The summed E-state index contributed by atoms with van der Waals surface area (Å²) in [4.78, 5) is 25.9. The summed E-state index contributed by atoms with van der Waals surface area (Å²) in [6, 6.07) is 4.94. The molecule has 6 nitrogen and oxygen atoms in total. The monoisotopic (exact) mass is 339 g/mol. The largest absolute Gasteiger partial charge is 0.495 e. The minimum Gasteiger partial charge on any atom is -0.495 e. The zero-order chi connectivity index (χ0) is 17.0. The predicted octanol–water partition coefficient (Wildman–Crippen LogP) is 1.89. The summed E-state index contributed by atoms with van der Waals surface area (Å²) in [5, 5.41) is 6.20. The molecule has 1 aromatic carbocycles. The number of rotatable bonds is 7. The molecule has 0 saturated heterocycles. The Hall–Kier alpha value is -1.79. The number of benzene rings is 1. The lowest BCUT2D eigenvalue weighted by atomic mass is 10.2. The van der Waals surface area contributed by atoms with E-state index in [1.807, 2.05) is 0 Å². The van der Waals surface area contributed by atoms with Crippen molar-refractivity contribution in [1.29, 1.82) is 0 Å². The van der Waals surface area contributed by atoms with Crippen molar-refractivity contribution in [2.24, 2.45) is 0 Å². The average Bonchev–Trinajstić information content (AvgIpc) is 3.30. The fourth-order valence-electron chi connectivity index (χ4n) is 2.08. The van der Waals surface area contributed by atoms with Gasteiger partial charge >= 0.3 is 0 Å². The first-order chi connectivity index (χ1) is 10.9. The van der Waals surface area contributed by atoms with Crippen LogP contribution in [0.4, 0.5) is 5.69 Å². The van der Waals surface area contributed by atoms with E-state index in [0.29, 0.717) is 22.5 Å². The maximum absolute atomic E-state index is 12.2. The Morgan fingerprint density at radius 1 is 1.43 bits per heavy atom.